The number of carbonyl (C=O) groups is 2. The monoisotopic (exact) mass is 530 g/mol. The lowest BCUT2D eigenvalue weighted by molar-refractivity contribution is 0.0828. The Hall–Kier alpha value is -4.44. The van der Waals surface area contributed by atoms with Crippen molar-refractivity contribution in [1.29, 1.82) is 0 Å². The van der Waals surface area contributed by atoms with Crippen molar-refractivity contribution in [2.75, 3.05) is 46.8 Å². The maximum absolute atomic E-state index is 13.2. The summed E-state index contributed by atoms with van der Waals surface area (Å²) in [7, 11) is 6.58. The minimum Gasteiger partial charge on any atom is -0.496 e. The van der Waals surface area contributed by atoms with Gasteiger partial charge in [-0.05, 0) is 49.7 Å². The number of rotatable bonds is 9. The molecule has 0 radical (unpaired) electrons. The van der Waals surface area contributed by atoms with E-state index in [1.54, 1.807) is 51.5 Å². The molecule has 2 heterocycles. The van der Waals surface area contributed by atoms with Crippen molar-refractivity contribution in [1.82, 2.24) is 25.0 Å². The Labute approximate surface area is 227 Å². The molecule has 39 heavy (non-hydrogen) atoms. The van der Waals surface area contributed by atoms with E-state index in [1.807, 2.05) is 50.2 Å². The molecule has 2 aromatic carbocycles. The number of aromatic nitrogens is 3. The van der Waals surface area contributed by atoms with Crippen LogP contribution in [0.15, 0.2) is 54.7 Å². The highest BCUT2D eigenvalue weighted by Crippen LogP contribution is 2.35. The zero-order chi connectivity index (χ0) is 28.1. The minimum atomic E-state index is -0.300. The Kier molecular flexibility index (Phi) is 8.46. The minimum absolute atomic E-state index is 0.0439. The molecule has 4 aromatic rings. The van der Waals surface area contributed by atoms with Crippen LogP contribution in [0.5, 0.6) is 5.75 Å². The van der Waals surface area contributed by atoms with Crippen LogP contribution in [0.1, 0.15) is 24.2 Å². The largest absolute Gasteiger partial charge is 0.496 e. The summed E-state index contributed by atoms with van der Waals surface area (Å²) in [5.41, 5.74) is 4.60. The smallest absolute Gasteiger partial charge is 0.322 e. The van der Waals surface area contributed by atoms with Crippen LogP contribution in [0.2, 0.25) is 0 Å². The number of nitrogens with zero attached hydrogens (tertiary/aromatic N) is 4. The third-order valence-electron chi connectivity index (χ3n) is 6.44. The topological polar surface area (TPSA) is 113 Å². The highest BCUT2D eigenvalue weighted by Gasteiger charge is 2.22. The van der Waals surface area contributed by atoms with E-state index in [2.05, 4.69) is 20.5 Å². The number of hydrogen-bond acceptors (Lipinski definition) is 6. The summed E-state index contributed by atoms with van der Waals surface area (Å²) >= 11 is 0. The normalized spacial score (nSPS) is 11.1. The second-order valence-electron chi connectivity index (χ2n) is 9.56. The molecule has 2 N–H and O–H groups in total. The fourth-order valence-electron chi connectivity index (χ4n) is 4.34. The molecule has 0 aliphatic heterocycles. The van der Waals surface area contributed by atoms with E-state index < -0.39 is 0 Å². The summed E-state index contributed by atoms with van der Waals surface area (Å²) in [5, 5.41) is 11.2. The number of H-pyrrole nitrogens is 1. The van der Waals surface area contributed by atoms with E-state index >= 15 is 0 Å². The van der Waals surface area contributed by atoms with Crippen molar-refractivity contribution in [3.05, 3.63) is 60.3 Å². The summed E-state index contributed by atoms with van der Waals surface area (Å²) in [6.07, 6.45) is 1.72. The second kappa shape index (κ2) is 12.0. The number of hydrogen-bond donors (Lipinski definition) is 2. The molecule has 0 aliphatic carbocycles. The average Bonchev–Trinajstić information content (AvgIpc) is 3.36. The van der Waals surface area contributed by atoms with Gasteiger partial charge >= 0.3 is 6.03 Å². The molecule has 10 heteroatoms. The number of aromatic amines is 1. The van der Waals surface area contributed by atoms with Crippen molar-refractivity contribution < 1.29 is 19.1 Å². The second-order valence-corrected chi connectivity index (χ2v) is 9.56. The Morgan fingerprint density at radius 3 is 2.51 bits per heavy atom. The summed E-state index contributed by atoms with van der Waals surface area (Å²) in [4.78, 5) is 34.0. The fourth-order valence-corrected chi connectivity index (χ4v) is 4.34. The fraction of sp³-hybridized carbons (Fsp3) is 0.310. The summed E-state index contributed by atoms with van der Waals surface area (Å²) in [6, 6.07) is 14.7. The molecular formula is C29H34N6O4. The number of fused-ring (bicyclic) bond motifs is 1. The number of ether oxygens (including phenoxy) is 2. The van der Waals surface area contributed by atoms with Gasteiger partial charge in [-0.25, -0.2) is 9.78 Å². The van der Waals surface area contributed by atoms with Gasteiger partial charge in [0.15, 0.2) is 5.65 Å². The number of pyridine rings is 1. The number of methoxy groups -OCH3 is 2. The van der Waals surface area contributed by atoms with Crippen molar-refractivity contribution in [3.63, 3.8) is 0 Å². The quantitative estimate of drug-likeness (QED) is 0.319. The molecule has 0 fully saturated rings. The predicted octanol–water partition coefficient (Wildman–Crippen LogP) is 4.89. The van der Waals surface area contributed by atoms with Gasteiger partial charge in [-0.1, -0.05) is 18.2 Å². The van der Waals surface area contributed by atoms with Crippen LogP contribution in [0, 0.1) is 0 Å². The van der Waals surface area contributed by atoms with Gasteiger partial charge in [-0.3, -0.25) is 9.89 Å². The van der Waals surface area contributed by atoms with Gasteiger partial charge in [-0.2, -0.15) is 5.10 Å². The molecule has 0 atom stereocenters. The van der Waals surface area contributed by atoms with Gasteiger partial charge in [0.1, 0.15) is 5.75 Å². The van der Waals surface area contributed by atoms with Gasteiger partial charge in [0.05, 0.1) is 30.7 Å². The van der Waals surface area contributed by atoms with Crippen LogP contribution in [0.25, 0.3) is 33.4 Å². The highest BCUT2D eigenvalue weighted by molar-refractivity contribution is 6.04. The Bertz CT molecular complexity index is 1480. The Balaban J connectivity index is 1.74. The molecule has 0 saturated carbocycles. The summed E-state index contributed by atoms with van der Waals surface area (Å²) in [5.74, 6) is 0.487. The number of carbonyl (C=O) groups excluding carboxylic acids is 2. The highest BCUT2D eigenvalue weighted by atomic mass is 16.5. The zero-order valence-electron chi connectivity index (χ0n) is 23.1. The first-order valence-electron chi connectivity index (χ1n) is 12.6. The van der Waals surface area contributed by atoms with Crippen LogP contribution >= 0.6 is 0 Å². The molecule has 0 saturated heterocycles. The van der Waals surface area contributed by atoms with E-state index in [9.17, 15) is 9.59 Å². The maximum Gasteiger partial charge on any atom is 0.322 e. The molecule has 0 aliphatic rings. The van der Waals surface area contributed by atoms with Gasteiger partial charge < -0.3 is 24.6 Å². The maximum atomic E-state index is 13.2. The third-order valence-corrected chi connectivity index (χ3v) is 6.44. The summed E-state index contributed by atoms with van der Waals surface area (Å²) < 4.78 is 10.7. The zero-order valence-corrected chi connectivity index (χ0v) is 23.1. The standard InChI is InChI=1S/C29H34N6O4/c1-18(2)35(13-14-38-5)29(37)31-24-12-11-19(15-22(24)28(36)34(3)4)20-16-23-26(32-33-27(23)30-17-20)21-9-7-8-10-25(21)39-6/h7-12,15-18H,13-14H2,1-6H3,(H,31,37)(H,30,32,33). The van der Waals surface area contributed by atoms with Crippen molar-refractivity contribution in [2.45, 2.75) is 19.9 Å². The van der Waals surface area contributed by atoms with E-state index in [0.717, 1.165) is 27.8 Å². The van der Waals surface area contributed by atoms with E-state index in [4.69, 9.17) is 9.47 Å². The molecular weight excluding hydrogens is 496 g/mol. The first-order chi connectivity index (χ1) is 18.7. The van der Waals surface area contributed by atoms with Crippen molar-refractivity contribution in [3.8, 4) is 28.1 Å². The van der Waals surface area contributed by atoms with Crippen LogP contribution in [-0.2, 0) is 4.74 Å². The molecule has 0 unspecified atom stereocenters. The lowest BCUT2D eigenvalue weighted by Crippen LogP contribution is -2.42. The van der Waals surface area contributed by atoms with Crippen molar-refractivity contribution in [2.24, 2.45) is 0 Å². The Morgan fingerprint density at radius 1 is 1.05 bits per heavy atom. The van der Waals surface area contributed by atoms with E-state index in [-0.39, 0.29) is 18.0 Å². The van der Waals surface area contributed by atoms with E-state index in [0.29, 0.717) is 35.8 Å². The number of amides is 3. The first-order valence-corrected chi connectivity index (χ1v) is 12.6. The number of nitrogens with one attached hydrogen (secondary N) is 2. The first kappa shape index (κ1) is 27.6. The molecule has 204 valence electrons. The van der Waals surface area contributed by atoms with Crippen LogP contribution in [0.3, 0.4) is 0 Å². The average molecular weight is 531 g/mol. The number of urea groups is 1. The van der Waals surface area contributed by atoms with Crippen molar-refractivity contribution >= 4 is 28.7 Å². The molecule has 3 amide bonds. The van der Waals surface area contributed by atoms with E-state index in [1.165, 1.54) is 4.90 Å². The number of benzene rings is 2. The van der Waals surface area contributed by atoms with Crippen LogP contribution in [0.4, 0.5) is 10.5 Å². The summed E-state index contributed by atoms with van der Waals surface area (Å²) in [6.45, 7) is 4.71. The molecule has 10 nitrogen and oxygen atoms in total. The lowest BCUT2D eigenvalue weighted by Gasteiger charge is -2.27. The van der Waals surface area contributed by atoms with Crippen LogP contribution < -0.4 is 10.1 Å². The third kappa shape index (κ3) is 5.85. The molecule has 4 rings (SSSR count). The molecule has 2 aromatic heterocycles. The Morgan fingerprint density at radius 2 is 1.82 bits per heavy atom. The van der Waals surface area contributed by atoms with Gasteiger partial charge in [0, 0.05) is 56.5 Å². The number of para-hydroxylation sites is 1. The molecule has 0 bridgehead atoms. The van der Waals surface area contributed by atoms with Crippen LogP contribution in [-0.4, -0.2) is 84.4 Å². The lowest BCUT2D eigenvalue weighted by atomic mass is 10.0. The van der Waals surface area contributed by atoms with Gasteiger partial charge in [0.25, 0.3) is 5.91 Å². The number of anilines is 1. The molecule has 0 spiro atoms. The predicted molar refractivity (Wildman–Crippen MR) is 152 cm³/mol. The van der Waals surface area contributed by atoms with Gasteiger partial charge in [0.2, 0.25) is 0 Å². The van der Waals surface area contributed by atoms with Gasteiger partial charge in [-0.15, -0.1) is 0 Å². The SMILES string of the molecule is COCCN(C(=O)Nc1ccc(-c2cnc3n[nH]c(-c4ccccc4OC)c3c2)cc1C(=O)N(C)C)C(C)C.